The first-order valence-electron chi connectivity index (χ1n) is 5.22. The molecule has 1 unspecified atom stereocenters. The van der Waals surface area contributed by atoms with Gasteiger partial charge in [0.1, 0.15) is 11.6 Å². The molecule has 100 valence electrons. The quantitative estimate of drug-likeness (QED) is 0.886. The Hall–Kier alpha value is -2.22. The van der Waals surface area contributed by atoms with Crippen LogP contribution in [0.2, 0.25) is 5.02 Å². The zero-order valence-corrected chi connectivity index (χ0v) is 10.5. The summed E-state index contributed by atoms with van der Waals surface area (Å²) >= 11 is 5.78. The molecule has 0 saturated heterocycles. The molecule has 0 aliphatic heterocycles. The van der Waals surface area contributed by atoms with Crippen LogP contribution in [-0.2, 0) is 4.79 Å². The molecule has 1 heterocycles. The molecule has 1 amide bonds. The fraction of sp³-hybridized carbons (Fsp3) is 0.200. The predicted molar refractivity (Wildman–Crippen MR) is 64.3 cm³/mol. The Morgan fingerprint density at radius 2 is 2.37 bits per heavy atom. The number of hydrogen-bond acceptors (Lipinski definition) is 5. The van der Waals surface area contributed by atoms with Crippen LogP contribution in [-0.4, -0.2) is 32.6 Å². The molecule has 2 rings (SSSR count). The van der Waals surface area contributed by atoms with Crippen molar-refractivity contribution in [2.24, 2.45) is 0 Å². The minimum Gasteiger partial charge on any atom is -0.479 e. The lowest BCUT2D eigenvalue weighted by atomic mass is 10.3. The van der Waals surface area contributed by atoms with Gasteiger partial charge in [-0.05, 0) is 30.3 Å². The summed E-state index contributed by atoms with van der Waals surface area (Å²) in [5, 5.41) is 15.1. The molecular weight excluding hydrogens is 277 g/mol. The number of carbonyl (C=O) groups is 1. The van der Waals surface area contributed by atoms with Crippen LogP contribution in [0.4, 0.5) is 10.3 Å². The van der Waals surface area contributed by atoms with Crippen molar-refractivity contribution in [3.05, 3.63) is 29.0 Å². The van der Waals surface area contributed by atoms with Crippen LogP contribution < -0.4 is 10.1 Å². The summed E-state index contributed by atoms with van der Waals surface area (Å²) in [6.45, 7) is 1.51. The van der Waals surface area contributed by atoms with Gasteiger partial charge in [0.25, 0.3) is 11.9 Å². The number of benzene rings is 1. The number of nitrogens with zero attached hydrogens (tertiary/aromatic N) is 3. The number of aromatic nitrogens is 4. The molecule has 1 aromatic carbocycles. The molecular formula is C10H9ClFN5O2. The summed E-state index contributed by atoms with van der Waals surface area (Å²) in [5.74, 6) is -0.729. The van der Waals surface area contributed by atoms with Gasteiger partial charge in [0.2, 0.25) is 0 Å². The lowest BCUT2D eigenvalue weighted by Crippen LogP contribution is -2.30. The Kier molecular flexibility index (Phi) is 3.91. The SMILES string of the molecule is CC(Oc1ccc(F)cc1Cl)C(=O)Nc1nn[nH]n1. The van der Waals surface area contributed by atoms with E-state index in [1.165, 1.54) is 19.1 Å². The van der Waals surface area contributed by atoms with E-state index in [9.17, 15) is 9.18 Å². The number of aromatic amines is 1. The van der Waals surface area contributed by atoms with E-state index in [1.54, 1.807) is 0 Å². The Balaban J connectivity index is 2.00. The van der Waals surface area contributed by atoms with Crippen molar-refractivity contribution in [3.63, 3.8) is 0 Å². The number of tetrazole rings is 1. The number of hydrogen-bond donors (Lipinski definition) is 2. The van der Waals surface area contributed by atoms with Crippen molar-refractivity contribution >= 4 is 23.5 Å². The van der Waals surface area contributed by atoms with Crippen LogP contribution in [0, 0.1) is 5.82 Å². The largest absolute Gasteiger partial charge is 0.479 e. The maximum Gasteiger partial charge on any atom is 0.269 e. The van der Waals surface area contributed by atoms with Crippen LogP contribution in [0.3, 0.4) is 0 Å². The van der Waals surface area contributed by atoms with E-state index in [1.807, 2.05) is 0 Å². The second kappa shape index (κ2) is 5.61. The molecule has 2 N–H and O–H groups in total. The first-order valence-corrected chi connectivity index (χ1v) is 5.60. The first kappa shape index (κ1) is 13.2. The highest BCUT2D eigenvalue weighted by molar-refractivity contribution is 6.32. The van der Waals surface area contributed by atoms with Gasteiger partial charge in [0.15, 0.2) is 6.10 Å². The van der Waals surface area contributed by atoms with Crippen molar-refractivity contribution in [2.45, 2.75) is 13.0 Å². The van der Waals surface area contributed by atoms with E-state index >= 15 is 0 Å². The van der Waals surface area contributed by atoms with E-state index < -0.39 is 17.8 Å². The standard InChI is InChI=1S/C10H9ClFN5O2/c1-5(9(18)13-10-14-16-17-15-10)19-8-3-2-6(12)4-7(8)11/h2-5H,1H3,(H2,13,14,15,16,17,18). The van der Waals surface area contributed by atoms with Crippen molar-refractivity contribution in [2.75, 3.05) is 5.32 Å². The average molecular weight is 286 g/mol. The second-order valence-electron chi connectivity index (χ2n) is 3.56. The van der Waals surface area contributed by atoms with Gasteiger partial charge in [-0.15, -0.1) is 5.10 Å². The van der Waals surface area contributed by atoms with E-state index in [4.69, 9.17) is 16.3 Å². The molecule has 0 aliphatic carbocycles. The van der Waals surface area contributed by atoms with Crippen LogP contribution in [0.1, 0.15) is 6.92 Å². The molecule has 0 fully saturated rings. The molecule has 0 aliphatic rings. The smallest absolute Gasteiger partial charge is 0.269 e. The van der Waals surface area contributed by atoms with Gasteiger partial charge in [-0.25, -0.2) is 4.39 Å². The van der Waals surface area contributed by atoms with Gasteiger partial charge in [0, 0.05) is 0 Å². The van der Waals surface area contributed by atoms with Crippen LogP contribution in [0.15, 0.2) is 18.2 Å². The molecule has 0 bridgehead atoms. The summed E-state index contributed by atoms with van der Waals surface area (Å²) in [7, 11) is 0. The summed E-state index contributed by atoms with van der Waals surface area (Å²) in [6.07, 6.45) is -0.860. The molecule has 19 heavy (non-hydrogen) atoms. The highest BCUT2D eigenvalue weighted by atomic mass is 35.5. The molecule has 0 saturated carbocycles. The molecule has 7 nitrogen and oxygen atoms in total. The van der Waals surface area contributed by atoms with Crippen molar-refractivity contribution < 1.29 is 13.9 Å². The summed E-state index contributed by atoms with van der Waals surface area (Å²) in [4.78, 5) is 11.7. The third-order valence-electron chi connectivity index (χ3n) is 2.15. The van der Waals surface area contributed by atoms with Crippen molar-refractivity contribution in [1.29, 1.82) is 0 Å². The Morgan fingerprint density at radius 3 is 3.00 bits per heavy atom. The van der Waals surface area contributed by atoms with Gasteiger partial charge in [-0.1, -0.05) is 16.7 Å². The molecule has 0 spiro atoms. The Bertz CT molecular complexity index is 577. The van der Waals surface area contributed by atoms with E-state index in [-0.39, 0.29) is 16.7 Å². The number of halogens is 2. The molecule has 1 atom stereocenters. The van der Waals surface area contributed by atoms with Crippen LogP contribution in [0.25, 0.3) is 0 Å². The monoisotopic (exact) mass is 285 g/mol. The maximum atomic E-state index is 12.8. The highest BCUT2D eigenvalue weighted by Gasteiger charge is 2.17. The van der Waals surface area contributed by atoms with Crippen LogP contribution >= 0.6 is 11.6 Å². The summed E-state index contributed by atoms with van der Waals surface area (Å²) < 4.78 is 18.2. The highest BCUT2D eigenvalue weighted by Crippen LogP contribution is 2.25. The van der Waals surface area contributed by atoms with Gasteiger partial charge in [0.05, 0.1) is 5.02 Å². The first-order chi connectivity index (χ1) is 9.06. The molecule has 0 radical (unpaired) electrons. The molecule has 2 aromatic rings. The number of anilines is 1. The maximum absolute atomic E-state index is 12.8. The summed E-state index contributed by atoms with van der Waals surface area (Å²) in [5.41, 5.74) is 0. The normalized spacial score (nSPS) is 11.9. The van der Waals surface area contributed by atoms with Gasteiger partial charge in [-0.3, -0.25) is 10.1 Å². The van der Waals surface area contributed by atoms with Crippen molar-refractivity contribution in [1.82, 2.24) is 20.6 Å². The fourth-order valence-electron chi connectivity index (χ4n) is 1.24. The van der Waals surface area contributed by atoms with Gasteiger partial charge >= 0.3 is 0 Å². The second-order valence-corrected chi connectivity index (χ2v) is 3.97. The zero-order valence-electron chi connectivity index (χ0n) is 9.72. The zero-order chi connectivity index (χ0) is 13.8. The number of nitrogens with one attached hydrogen (secondary N) is 2. The Morgan fingerprint density at radius 1 is 1.58 bits per heavy atom. The Labute approximate surface area is 112 Å². The molecule has 1 aromatic heterocycles. The predicted octanol–water partition coefficient (Wildman–Crippen LogP) is 1.40. The third kappa shape index (κ3) is 3.38. The van der Waals surface area contributed by atoms with Gasteiger partial charge < -0.3 is 4.74 Å². The number of carbonyl (C=O) groups excluding carboxylic acids is 1. The summed E-state index contributed by atoms with van der Waals surface area (Å²) in [6, 6.07) is 3.63. The number of H-pyrrole nitrogens is 1. The lowest BCUT2D eigenvalue weighted by molar-refractivity contribution is -0.122. The van der Waals surface area contributed by atoms with E-state index in [0.717, 1.165) is 6.07 Å². The van der Waals surface area contributed by atoms with E-state index in [0.29, 0.717) is 0 Å². The number of rotatable bonds is 4. The minimum absolute atomic E-state index is 0.0330. The van der Waals surface area contributed by atoms with E-state index in [2.05, 4.69) is 25.9 Å². The fourth-order valence-corrected chi connectivity index (χ4v) is 1.45. The average Bonchev–Trinajstić information content (AvgIpc) is 2.85. The minimum atomic E-state index is -0.860. The van der Waals surface area contributed by atoms with Crippen molar-refractivity contribution in [3.8, 4) is 5.75 Å². The van der Waals surface area contributed by atoms with Gasteiger partial charge in [-0.2, -0.15) is 5.21 Å². The number of ether oxygens (including phenoxy) is 1. The number of amides is 1. The molecule has 9 heteroatoms. The third-order valence-corrected chi connectivity index (χ3v) is 2.44. The topological polar surface area (TPSA) is 92.8 Å². The van der Waals surface area contributed by atoms with Crippen LogP contribution in [0.5, 0.6) is 5.75 Å². The lowest BCUT2D eigenvalue weighted by Gasteiger charge is -2.14.